The largest absolute Gasteiger partial charge is 0.343 e. The number of hydrogen-bond acceptors (Lipinski definition) is 3. The van der Waals surface area contributed by atoms with Gasteiger partial charge in [-0.2, -0.15) is 0 Å². The van der Waals surface area contributed by atoms with E-state index in [1.807, 2.05) is 6.07 Å². The van der Waals surface area contributed by atoms with Crippen molar-refractivity contribution in [1.82, 2.24) is 14.8 Å². The van der Waals surface area contributed by atoms with Gasteiger partial charge in [-0.15, -0.1) is 5.10 Å². The molecule has 0 radical (unpaired) electrons. The number of aromatic amines is 1. The van der Waals surface area contributed by atoms with Gasteiger partial charge in [0.15, 0.2) is 5.16 Å². The van der Waals surface area contributed by atoms with Crippen LogP contribution in [0.2, 0.25) is 0 Å². The summed E-state index contributed by atoms with van der Waals surface area (Å²) in [6.45, 7) is 2.07. The van der Waals surface area contributed by atoms with E-state index >= 15 is 0 Å². The van der Waals surface area contributed by atoms with Gasteiger partial charge >= 0.3 is 5.69 Å². The van der Waals surface area contributed by atoms with E-state index in [9.17, 15) is 4.79 Å². The number of aromatic nitrogens is 3. The van der Waals surface area contributed by atoms with Crippen molar-refractivity contribution in [3.05, 3.63) is 45.9 Å². The van der Waals surface area contributed by atoms with Crippen LogP contribution in [0.5, 0.6) is 0 Å². The van der Waals surface area contributed by atoms with E-state index in [-0.39, 0.29) is 5.69 Å². The minimum Gasteiger partial charge on any atom is -0.273 e. The Morgan fingerprint density at radius 1 is 1.50 bits per heavy atom. The van der Waals surface area contributed by atoms with Crippen molar-refractivity contribution in [2.24, 2.45) is 7.05 Å². The number of nitrogens with one attached hydrogen (secondary N) is 1. The predicted molar refractivity (Wildman–Crippen MR) is 64.6 cm³/mol. The Kier molecular flexibility index (Phi) is 3.14. The Morgan fingerprint density at radius 2 is 2.31 bits per heavy atom. The fourth-order valence-electron chi connectivity index (χ4n) is 1.41. The lowest BCUT2D eigenvalue weighted by atomic mass is 10.2. The minimum atomic E-state index is -0.174. The normalized spacial score (nSPS) is 10.6. The van der Waals surface area contributed by atoms with Gasteiger partial charge < -0.3 is 0 Å². The van der Waals surface area contributed by atoms with E-state index in [0.717, 1.165) is 5.75 Å². The number of benzene rings is 1. The maximum Gasteiger partial charge on any atom is 0.343 e. The van der Waals surface area contributed by atoms with Crippen LogP contribution in [-0.4, -0.2) is 14.8 Å². The Hall–Kier alpha value is -1.49. The number of nitrogens with zero attached hydrogens (tertiary/aromatic N) is 2. The number of hydrogen-bond donors (Lipinski definition) is 1. The van der Waals surface area contributed by atoms with E-state index in [4.69, 9.17) is 0 Å². The van der Waals surface area contributed by atoms with Crippen LogP contribution in [-0.2, 0) is 12.8 Å². The molecule has 0 atom stereocenters. The zero-order chi connectivity index (χ0) is 11.5. The smallest absolute Gasteiger partial charge is 0.273 e. The molecule has 2 aromatic rings. The van der Waals surface area contributed by atoms with Crippen molar-refractivity contribution >= 4 is 11.8 Å². The molecule has 4 nitrogen and oxygen atoms in total. The maximum atomic E-state index is 11.1. The molecule has 0 spiro atoms. The van der Waals surface area contributed by atoms with Crippen molar-refractivity contribution in [3.63, 3.8) is 0 Å². The first kappa shape index (κ1) is 11.0. The molecule has 1 aromatic carbocycles. The van der Waals surface area contributed by atoms with Crippen molar-refractivity contribution in [2.75, 3.05) is 0 Å². The highest BCUT2D eigenvalue weighted by molar-refractivity contribution is 7.98. The van der Waals surface area contributed by atoms with Crippen molar-refractivity contribution < 1.29 is 0 Å². The van der Waals surface area contributed by atoms with E-state index in [1.165, 1.54) is 15.7 Å². The third-order valence-corrected chi connectivity index (χ3v) is 3.39. The summed E-state index contributed by atoms with van der Waals surface area (Å²) in [7, 11) is 1.71. The molecule has 0 fully saturated rings. The second-order valence-corrected chi connectivity index (χ2v) is 4.59. The Balaban J connectivity index is 2.08. The predicted octanol–water partition coefficient (Wildman–Crippen LogP) is 1.71. The Morgan fingerprint density at radius 3 is 2.94 bits per heavy atom. The summed E-state index contributed by atoms with van der Waals surface area (Å²) in [5, 5.41) is 7.08. The van der Waals surface area contributed by atoms with E-state index in [2.05, 4.69) is 35.3 Å². The summed E-state index contributed by atoms with van der Waals surface area (Å²) in [4.78, 5) is 11.1. The minimum absolute atomic E-state index is 0.174. The molecular weight excluding hydrogens is 222 g/mol. The van der Waals surface area contributed by atoms with Crippen LogP contribution in [0.4, 0.5) is 0 Å². The third-order valence-electron chi connectivity index (χ3n) is 2.29. The van der Waals surface area contributed by atoms with Crippen LogP contribution >= 0.6 is 11.8 Å². The molecule has 1 N–H and O–H groups in total. The summed E-state index contributed by atoms with van der Waals surface area (Å²) in [6, 6.07) is 8.32. The van der Waals surface area contributed by atoms with Gasteiger partial charge in [-0.05, 0) is 12.5 Å². The number of H-pyrrole nitrogens is 1. The highest BCUT2D eigenvalue weighted by Gasteiger charge is 2.04. The first-order valence-electron chi connectivity index (χ1n) is 4.96. The van der Waals surface area contributed by atoms with Crippen LogP contribution < -0.4 is 5.69 Å². The van der Waals surface area contributed by atoms with Crippen molar-refractivity contribution in [2.45, 2.75) is 17.8 Å². The molecule has 0 aliphatic carbocycles. The fourth-order valence-corrected chi connectivity index (χ4v) is 2.27. The lowest BCUT2D eigenvalue weighted by Crippen LogP contribution is -2.12. The highest BCUT2D eigenvalue weighted by atomic mass is 32.2. The zero-order valence-corrected chi connectivity index (χ0v) is 10.0. The average Bonchev–Trinajstić information content (AvgIpc) is 2.57. The van der Waals surface area contributed by atoms with E-state index < -0.39 is 0 Å². The second kappa shape index (κ2) is 4.57. The van der Waals surface area contributed by atoms with Crippen LogP contribution in [0.1, 0.15) is 11.1 Å². The quantitative estimate of drug-likeness (QED) is 0.824. The van der Waals surface area contributed by atoms with Gasteiger partial charge in [0.05, 0.1) is 0 Å². The topological polar surface area (TPSA) is 50.7 Å². The van der Waals surface area contributed by atoms with Gasteiger partial charge in [0.25, 0.3) is 0 Å². The molecule has 0 unspecified atom stereocenters. The molecule has 0 saturated carbocycles. The molecular formula is C11H13N3OS. The van der Waals surface area contributed by atoms with Crippen molar-refractivity contribution in [3.8, 4) is 0 Å². The molecule has 0 amide bonds. The van der Waals surface area contributed by atoms with E-state index in [0.29, 0.717) is 5.16 Å². The Labute approximate surface area is 97.7 Å². The van der Waals surface area contributed by atoms with Crippen molar-refractivity contribution in [1.29, 1.82) is 0 Å². The number of rotatable bonds is 3. The van der Waals surface area contributed by atoms with Gasteiger partial charge in [0.2, 0.25) is 0 Å². The summed E-state index contributed by atoms with van der Waals surface area (Å²) in [5.41, 5.74) is 2.31. The van der Waals surface area contributed by atoms with Crippen LogP contribution in [0.3, 0.4) is 0 Å². The van der Waals surface area contributed by atoms with Gasteiger partial charge in [-0.1, -0.05) is 41.6 Å². The highest BCUT2D eigenvalue weighted by Crippen LogP contribution is 2.19. The Bertz CT molecular complexity index is 544. The molecule has 5 heteroatoms. The van der Waals surface area contributed by atoms with Crippen LogP contribution in [0.15, 0.2) is 34.2 Å². The summed E-state index contributed by atoms with van der Waals surface area (Å²) in [5.74, 6) is 0.819. The number of thioether (sulfide) groups is 1. The van der Waals surface area contributed by atoms with Gasteiger partial charge in [-0.3, -0.25) is 4.57 Å². The van der Waals surface area contributed by atoms with Gasteiger partial charge in [0.1, 0.15) is 0 Å². The molecule has 84 valence electrons. The monoisotopic (exact) mass is 235 g/mol. The van der Waals surface area contributed by atoms with Gasteiger partial charge in [-0.25, -0.2) is 9.89 Å². The maximum absolute atomic E-state index is 11.1. The lowest BCUT2D eigenvalue weighted by Gasteiger charge is -2.01. The molecule has 1 aromatic heterocycles. The second-order valence-electron chi connectivity index (χ2n) is 3.65. The molecule has 0 aliphatic heterocycles. The first-order chi connectivity index (χ1) is 7.66. The summed E-state index contributed by atoms with van der Waals surface area (Å²) >= 11 is 1.55. The lowest BCUT2D eigenvalue weighted by molar-refractivity contribution is 0.766. The van der Waals surface area contributed by atoms with Gasteiger partial charge in [0, 0.05) is 12.8 Å². The standard InChI is InChI=1S/C11H13N3OS/c1-8-4-3-5-9(6-8)7-16-11-13-12-10(15)14(11)2/h3-6H,7H2,1-2H3,(H,12,15). The molecule has 0 saturated heterocycles. The fraction of sp³-hybridized carbons (Fsp3) is 0.273. The summed E-state index contributed by atoms with van der Waals surface area (Å²) in [6.07, 6.45) is 0. The molecule has 0 bridgehead atoms. The molecule has 1 heterocycles. The number of aryl methyl sites for hydroxylation is 1. The average molecular weight is 235 g/mol. The zero-order valence-electron chi connectivity index (χ0n) is 9.23. The molecule has 16 heavy (non-hydrogen) atoms. The van der Waals surface area contributed by atoms with E-state index in [1.54, 1.807) is 18.8 Å². The SMILES string of the molecule is Cc1cccc(CSc2n[nH]c(=O)n2C)c1. The van der Waals surface area contributed by atoms with Crippen LogP contribution in [0, 0.1) is 6.92 Å². The first-order valence-corrected chi connectivity index (χ1v) is 5.95. The molecule has 2 rings (SSSR count). The third kappa shape index (κ3) is 2.36. The van der Waals surface area contributed by atoms with Crippen LogP contribution in [0.25, 0.3) is 0 Å². The summed E-state index contributed by atoms with van der Waals surface area (Å²) < 4.78 is 1.51. The molecule has 0 aliphatic rings.